The summed E-state index contributed by atoms with van der Waals surface area (Å²) in [5.74, 6) is 0.935. The van der Waals surface area contributed by atoms with Gasteiger partial charge in [-0.1, -0.05) is 6.92 Å². The zero-order valence-electron chi connectivity index (χ0n) is 17.2. The monoisotopic (exact) mass is 392 g/mol. The van der Waals surface area contributed by atoms with Crippen LogP contribution in [0.3, 0.4) is 0 Å². The Balaban J connectivity index is 1.94. The third kappa shape index (κ3) is 6.71. The summed E-state index contributed by atoms with van der Waals surface area (Å²) < 4.78 is 15.8. The molecule has 0 aliphatic carbocycles. The van der Waals surface area contributed by atoms with Crippen molar-refractivity contribution < 1.29 is 23.8 Å². The van der Waals surface area contributed by atoms with E-state index >= 15 is 0 Å². The van der Waals surface area contributed by atoms with Gasteiger partial charge in [-0.2, -0.15) is 0 Å². The lowest BCUT2D eigenvalue weighted by Crippen LogP contribution is -2.45. The number of rotatable bonds is 11. The van der Waals surface area contributed by atoms with Crippen molar-refractivity contribution in [2.45, 2.75) is 39.2 Å². The molecule has 1 amide bonds. The summed E-state index contributed by atoms with van der Waals surface area (Å²) in [4.78, 5) is 28.7. The van der Waals surface area contributed by atoms with E-state index in [9.17, 15) is 9.59 Å². The van der Waals surface area contributed by atoms with Crippen LogP contribution < -0.4 is 9.47 Å². The summed E-state index contributed by atoms with van der Waals surface area (Å²) in [6, 6.07) is 7.44. The van der Waals surface area contributed by atoms with E-state index in [4.69, 9.17) is 14.2 Å². The van der Waals surface area contributed by atoms with E-state index in [1.165, 1.54) is 0 Å². The van der Waals surface area contributed by atoms with E-state index in [1.54, 1.807) is 43.2 Å². The largest absolute Gasteiger partial charge is 0.497 e. The maximum atomic E-state index is 12.8. The Morgan fingerprint density at radius 3 is 2.54 bits per heavy atom. The number of benzene rings is 1. The number of esters is 1. The van der Waals surface area contributed by atoms with Gasteiger partial charge >= 0.3 is 5.97 Å². The summed E-state index contributed by atoms with van der Waals surface area (Å²) in [6.07, 6.45) is 2.40. The van der Waals surface area contributed by atoms with Gasteiger partial charge in [-0.25, -0.2) is 0 Å². The molecular formula is C21H32N2O5. The summed E-state index contributed by atoms with van der Waals surface area (Å²) in [6.45, 7) is 7.18. The van der Waals surface area contributed by atoms with Gasteiger partial charge in [0.2, 0.25) is 0 Å². The van der Waals surface area contributed by atoms with Crippen molar-refractivity contribution in [1.82, 2.24) is 9.80 Å². The van der Waals surface area contributed by atoms with E-state index in [1.807, 2.05) is 0 Å². The van der Waals surface area contributed by atoms with E-state index in [-0.39, 0.29) is 24.9 Å². The Morgan fingerprint density at radius 1 is 1.18 bits per heavy atom. The van der Waals surface area contributed by atoms with Gasteiger partial charge in [-0.15, -0.1) is 0 Å². The van der Waals surface area contributed by atoms with Gasteiger partial charge in [0.05, 0.1) is 20.1 Å². The van der Waals surface area contributed by atoms with E-state index < -0.39 is 0 Å². The molecule has 1 aromatic carbocycles. The van der Waals surface area contributed by atoms with Crippen molar-refractivity contribution in [2.24, 2.45) is 0 Å². The smallest absolute Gasteiger partial charge is 0.307 e. The molecule has 0 bridgehead atoms. The van der Waals surface area contributed by atoms with Gasteiger partial charge in [-0.3, -0.25) is 14.5 Å². The highest BCUT2D eigenvalue weighted by Gasteiger charge is 2.27. The summed E-state index contributed by atoms with van der Waals surface area (Å²) in [7, 11) is 1.60. The molecule has 0 radical (unpaired) electrons. The topological polar surface area (TPSA) is 68.3 Å². The minimum atomic E-state index is -0.282. The molecule has 0 N–H and O–H groups in total. The first-order chi connectivity index (χ1) is 13.6. The molecule has 0 aromatic heterocycles. The average molecular weight is 392 g/mol. The lowest BCUT2D eigenvalue weighted by atomic mass is 10.2. The van der Waals surface area contributed by atoms with E-state index in [0.29, 0.717) is 31.5 Å². The second kappa shape index (κ2) is 11.5. The zero-order chi connectivity index (χ0) is 20.4. The average Bonchev–Trinajstić information content (AvgIpc) is 3.17. The van der Waals surface area contributed by atoms with Gasteiger partial charge < -0.3 is 19.1 Å². The number of methoxy groups -OCH3 is 1. The number of likely N-dealkylation sites (N-methyl/N-ethyl adjacent to an activating group) is 1. The molecule has 0 spiro atoms. The Bertz CT molecular complexity index is 620. The number of ether oxygens (including phenoxy) is 3. The third-order valence-electron chi connectivity index (χ3n) is 5.00. The molecule has 1 aromatic rings. The molecule has 1 heterocycles. The van der Waals surface area contributed by atoms with Crippen molar-refractivity contribution in [3.63, 3.8) is 0 Å². The molecule has 28 heavy (non-hydrogen) atoms. The predicted octanol–water partition coefficient (Wildman–Crippen LogP) is 2.34. The number of amides is 1. The molecule has 1 atom stereocenters. The lowest BCUT2D eigenvalue weighted by molar-refractivity contribution is -0.144. The molecule has 7 heteroatoms. The molecule has 1 aliphatic rings. The standard InChI is InChI=1S/C21H32N2O5/c1-4-22-13-6-7-17(22)15-23(14-12-21(25)27-5-2)20(24)16-28-19-10-8-18(26-3)9-11-19/h8-11,17H,4-7,12-16H2,1-3H3. The number of likely N-dealkylation sites (tertiary alicyclic amines) is 1. The number of hydrogen-bond donors (Lipinski definition) is 0. The minimum Gasteiger partial charge on any atom is -0.497 e. The van der Waals surface area contributed by atoms with Crippen molar-refractivity contribution in [3.05, 3.63) is 24.3 Å². The Hall–Kier alpha value is -2.28. The maximum Gasteiger partial charge on any atom is 0.307 e. The fourth-order valence-electron chi connectivity index (χ4n) is 3.46. The quantitative estimate of drug-likeness (QED) is 0.539. The van der Waals surface area contributed by atoms with Crippen LogP contribution in [0.25, 0.3) is 0 Å². The van der Waals surface area contributed by atoms with Crippen molar-refractivity contribution in [3.8, 4) is 11.5 Å². The van der Waals surface area contributed by atoms with Crippen LogP contribution in [0.15, 0.2) is 24.3 Å². The van der Waals surface area contributed by atoms with Crippen molar-refractivity contribution in [2.75, 3.05) is 46.5 Å². The molecule has 0 saturated carbocycles. The molecule has 2 rings (SSSR count). The van der Waals surface area contributed by atoms with Crippen LogP contribution in [0.1, 0.15) is 33.1 Å². The third-order valence-corrected chi connectivity index (χ3v) is 5.00. The fraction of sp³-hybridized carbons (Fsp3) is 0.619. The van der Waals surface area contributed by atoms with Crippen LogP contribution in [0, 0.1) is 0 Å². The first kappa shape index (κ1) is 22.0. The lowest BCUT2D eigenvalue weighted by Gasteiger charge is -2.30. The SMILES string of the molecule is CCOC(=O)CCN(CC1CCCN1CC)C(=O)COc1ccc(OC)cc1. The number of hydrogen-bond acceptors (Lipinski definition) is 6. The van der Waals surface area contributed by atoms with Gasteiger partial charge in [0.25, 0.3) is 5.91 Å². The van der Waals surface area contributed by atoms with Gasteiger partial charge in [-0.05, 0) is 57.1 Å². The normalized spacial score (nSPS) is 16.6. The molecular weight excluding hydrogens is 360 g/mol. The van der Waals surface area contributed by atoms with Gasteiger partial charge in [0.15, 0.2) is 6.61 Å². The number of carbonyl (C=O) groups is 2. The molecule has 1 saturated heterocycles. The van der Waals surface area contributed by atoms with Crippen LogP contribution in [0.4, 0.5) is 0 Å². The molecule has 156 valence electrons. The Labute approximate surface area is 167 Å². The van der Waals surface area contributed by atoms with Crippen LogP contribution in [-0.4, -0.2) is 74.2 Å². The summed E-state index contributed by atoms with van der Waals surface area (Å²) in [5, 5.41) is 0. The molecule has 7 nitrogen and oxygen atoms in total. The second-order valence-electron chi connectivity index (χ2n) is 6.78. The first-order valence-corrected chi connectivity index (χ1v) is 10.0. The van der Waals surface area contributed by atoms with E-state index in [0.717, 1.165) is 31.7 Å². The van der Waals surface area contributed by atoms with Gasteiger partial charge in [0, 0.05) is 19.1 Å². The molecule has 1 fully saturated rings. The van der Waals surface area contributed by atoms with E-state index in [2.05, 4.69) is 11.8 Å². The summed E-state index contributed by atoms with van der Waals surface area (Å²) in [5.41, 5.74) is 0. The van der Waals surface area contributed by atoms with Crippen molar-refractivity contribution >= 4 is 11.9 Å². The highest BCUT2D eigenvalue weighted by atomic mass is 16.5. The van der Waals surface area contributed by atoms with Gasteiger partial charge in [0.1, 0.15) is 11.5 Å². The number of nitrogens with zero attached hydrogens (tertiary/aromatic N) is 2. The maximum absolute atomic E-state index is 12.8. The Morgan fingerprint density at radius 2 is 1.89 bits per heavy atom. The summed E-state index contributed by atoms with van der Waals surface area (Å²) >= 11 is 0. The predicted molar refractivity (Wildman–Crippen MR) is 107 cm³/mol. The fourth-order valence-corrected chi connectivity index (χ4v) is 3.46. The van der Waals surface area contributed by atoms with Crippen LogP contribution in [0.5, 0.6) is 11.5 Å². The molecule has 1 aliphatic heterocycles. The highest BCUT2D eigenvalue weighted by molar-refractivity contribution is 5.78. The molecule has 1 unspecified atom stereocenters. The zero-order valence-corrected chi connectivity index (χ0v) is 17.2. The van der Waals surface area contributed by atoms with Crippen molar-refractivity contribution in [1.29, 1.82) is 0 Å². The van der Waals surface area contributed by atoms with Crippen LogP contribution in [-0.2, 0) is 14.3 Å². The Kier molecular flexibility index (Phi) is 9.07. The first-order valence-electron chi connectivity index (χ1n) is 10.0. The number of carbonyl (C=O) groups excluding carboxylic acids is 2. The minimum absolute atomic E-state index is 0.0615. The van der Waals surface area contributed by atoms with Crippen LogP contribution in [0.2, 0.25) is 0 Å². The highest BCUT2D eigenvalue weighted by Crippen LogP contribution is 2.19. The van der Waals surface area contributed by atoms with Crippen LogP contribution >= 0.6 is 0 Å². The second-order valence-corrected chi connectivity index (χ2v) is 6.78.